The maximum atomic E-state index is 12.3. The number of ether oxygens (including phenoxy) is 2. The fourth-order valence-corrected chi connectivity index (χ4v) is 2.68. The summed E-state index contributed by atoms with van der Waals surface area (Å²) in [6.45, 7) is 4.35. The van der Waals surface area contributed by atoms with Gasteiger partial charge in [0.05, 0.1) is 14.2 Å². The van der Waals surface area contributed by atoms with Crippen molar-refractivity contribution in [3.05, 3.63) is 35.9 Å². The predicted octanol–water partition coefficient (Wildman–Crippen LogP) is 2.41. The Bertz CT molecular complexity index is 525. The molecular formula is C16H21NO3. The van der Waals surface area contributed by atoms with Gasteiger partial charge in [0.15, 0.2) is 11.5 Å². The van der Waals surface area contributed by atoms with E-state index in [0.717, 1.165) is 11.1 Å². The van der Waals surface area contributed by atoms with Gasteiger partial charge in [-0.2, -0.15) is 0 Å². The zero-order valence-corrected chi connectivity index (χ0v) is 12.3. The van der Waals surface area contributed by atoms with Crippen molar-refractivity contribution in [3.8, 4) is 11.5 Å². The molecule has 0 fully saturated rings. The van der Waals surface area contributed by atoms with Crippen LogP contribution in [0.25, 0.3) is 0 Å². The zero-order valence-electron chi connectivity index (χ0n) is 12.3. The van der Waals surface area contributed by atoms with Crippen molar-refractivity contribution in [2.75, 3.05) is 21.3 Å². The van der Waals surface area contributed by atoms with Crippen LogP contribution in [0.3, 0.4) is 0 Å². The maximum Gasteiger partial charge on any atom is 0.226 e. The fourth-order valence-electron chi connectivity index (χ4n) is 2.68. The van der Waals surface area contributed by atoms with Crippen molar-refractivity contribution in [2.45, 2.75) is 19.4 Å². The Hall–Kier alpha value is -1.97. The molecule has 0 radical (unpaired) electrons. The molecule has 4 heteroatoms. The molecule has 1 aliphatic heterocycles. The SMILES string of the molecule is C=CC[C@@H]1Cc2cc(OC)c(OC)cc2CN(C)C1=O. The number of amides is 1. The first kappa shape index (κ1) is 14.4. The lowest BCUT2D eigenvalue weighted by atomic mass is 9.94. The van der Waals surface area contributed by atoms with Gasteiger partial charge < -0.3 is 14.4 Å². The van der Waals surface area contributed by atoms with Crippen LogP contribution in [-0.4, -0.2) is 32.1 Å². The Labute approximate surface area is 120 Å². The second kappa shape index (κ2) is 5.99. The summed E-state index contributed by atoms with van der Waals surface area (Å²) in [5, 5.41) is 0. The number of nitrogens with zero attached hydrogens (tertiary/aromatic N) is 1. The number of benzene rings is 1. The highest BCUT2D eigenvalue weighted by Crippen LogP contribution is 2.34. The molecule has 0 bridgehead atoms. The fraction of sp³-hybridized carbons (Fsp3) is 0.438. The van der Waals surface area contributed by atoms with Gasteiger partial charge in [0, 0.05) is 19.5 Å². The quantitative estimate of drug-likeness (QED) is 0.792. The second-order valence-electron chi connectivity index (χ2n) is 5.10. The topological polar surface area (TPSA) is 38.8 Å². The summed E-state index contributed by atoms with van der Waals surface area (Å²) in [6.07, 6.45) is 3.21. The number of methoxy groups -OCH3 is 2. The van der Waals surface area contributed by atoms with E-state index in [1.165, 1.54) is 0 Å². The average molecular weight is 275 g/mol. The normalized spacial score (nSPS) is 18.2. The van der Waals surface area contributed by atoms with Gasteiger partial charge >= 0.3 is 0 Å². The van der Waals surface area contributed by atoms with Crippen molar-refractivity contribution in [1.29, 1.82) is 0 Å². The highest BCUT2D eigenvalue weighted by molar-refractivity contribution is 5.80. The molecule has 20 heavy (non-hydrogen) atoms. The van der Waals surface area contributed by atoms with E-state index >= 15 is 0 Å². The summed E-state index contributed by atoms with van der Waals surface area (Å²) in [5.41, 5.74) is 2.26. The molecule has 1 atom stereocenters. The summed E-state index contributed by atoms with van der Waals surface area (Å²) in [7, 11) is 5.08. The smallest absolute Gasteiger partial charge is 0.226 e. The number of carbonyl (C=O) groups excluding carboxylic acids is 1. The van der Waals surface area contributed by atoms with Gasteiger partial charge in [-0.05, 0) is 36.1 Å². The largest absolute Gasteiger partial charge is 0.493 e. The van der Waals surface area contributed by atoms with E-state index in [1.807, 2.05) is 25.3 Å². The molecule has 1 aliphatic rings. The van der Waals surface area contributed by atoms with Gasteiger partial charge in [-0.1, -0.05) is 6.08 Å². The summed E-state index contributed by atoms with van der Waals surface area (Å²) >= 11 is 0. The number of allylic oxidation sites excluding steroid dienone is 1. The molecule has 0 saturated heterocycles. The molecule has 4 nitrogen and oxygen atoms in total. The van der Waals surface area contributed by atoms with Gasteiger partial charge in [-0.15, -0.1) is 6.58 Å². The van der Waals surface area contributed by atoms with Crippen LogP contribution in [0.15, 0.2) is 24.8 Å². The van der Waals surface area contributed by atoms with Gasteiger partial charge in [0.2, 0.25) is 5.91 Å². The molecule has 1 aromatic carbocycles. The van der Waals surface area contributed by atoms with Crippen molar-refractivity contribution in [3.63, 3.8) is 0 Å². The number of carbonyl (C=O) groups is 1. The van der Waals surface area contributed by atoms with E-state index in [9.17, 15) is 4.79 Å². The standard InChI is InChI=1S/C16H21NO3/c1-5-6-11-7-12-8-14(19-3)15(20-4)9-13(12)10-17(2)16(11)18/h5,8-9,11H,1,6-7,10H2,2-4H3/t11-/m1/s1. The molecule has 108 valence electrons. The molecular weight excluding hydrogens is 254 g/mol. The summed E-state index contributed by atoms with van der Waals surface area (Å²) in [6, 6.07) is 3.95. The Kier molecular flexibility index (Phi) is 4.32. The zero-order chi connectivity index (χ0) is 14.7. The van der Waals surface area contributed by atoms with E-state index in [-0.39, 0.29) is 11.8 Å². The molecule has 1 aromatic rings. The number of hydrogen-bond donors (Lipinski definition) is 0. The first-order valence-electron chi connectivity index (χ1n) is 6.70. The monoisotopic (exact) mass is 275 g/mol. The van der Waals surface area contributed by atoms with Crippen LogP contribution in [0.5, 0.6) is 11.5 Å². The third kappa shape index (κ3) is 2.64. The molecule has 0 saturated carbocycles. The van der Waals surface area contributed by atoms with E-state index in [2.05, 4.69) is 6.58 Å². The van der Waals surface area contributed by atoms with Crippen LogP contribution >= 0.6 is 0 Å². The molecule has 0 unspecified atom stereocenters. The third-order valence-corrected chi connectivity index (χ3v) is 3.76. The first-order valence-corrected chi connectivity index (χ1v) is 6.70. The lowest BCUT2D eigenvalue weighted by Crippen LogP contribution is -2.30. The molecule has 2 rings (SSSR count). The molecule has 1 amide bonds. The Balaban J connectivity index is 2.44. The molecule has 1 heterocycles. The Morgan fingerprint density at radius 1 is 1.30 bits per heavy atom. The predicted molar refractivity (Wildman–Crippen MR) is 78.0 cm³/mol. The lowest BCUT2D eigenvalue weighted by Gasteiger charge is -2.18. The van der Waals surface area contributed by atoms with Crippen LogP contribution < -0.4 is 9.47 Å². The summed E-state index contributed by atoms with van der Waals surface area (Å²) in [4.78, 5) is 14.1. The van der Waals surface area contributed by atoms with Crippen molar-refractivity contribution in [1.82, 2.24) is 4.90 Å². The highest BCUT2D eigenvalue weighted by atomic mass is 16.5. The molecule has 0 N–H and O–H groups in total. The first-order chi connectivity index (χ1) is 9.60. The average Bonchev–Trinajstić information content (AvgIpc) is 2.56. The Morgan fingerprint density at radius 3 is 2.45 bits per heavy atom. The van der Waals surface area contributed by atoms with Crippen molar-refractivity contribution in [2.24, 2.45) is 5.92 Å². The van der Waals surface area contributed by atoms with E-state index < -0.39 is 0 Å². The summed E-state index contributed by atoms with van der Waals surface area (Å²) < 4.78 is 10.7. The lowest BCUT2D eigenvalue weighted by molar-refractivity contribution is -0.134. The van der Waals surface area contributed by atoms with Crippen LogP contribution in [0.2, 0.25) is 0 Å². The van der Waals surface area contributed by atoms with Crippen LogP contribution in [0, 0.1) is 5.92 Å². The van der Waals surface area contributed by atoms with Crippen molar-refractivity contribution >= 4 is 5.91 Å². The second-order valence-corrected chi connectivity index (χ2v) is 5.10. The van der Waals surface area contributed by atoms with Gasteiger partial charge in [0.1, 0.15) is 0 Å². The van der Waals surface area contributed by atoms with Crippen molar-refractivity contribution < 1.29 is 14.3 Å². The van der Waals surface area contributed by atoms with Gasteiger partial charge in [-0.3, -0.25) is 4.79 Å². The van der Waals surface area contributed by atoms with Crippen LogP contribution in [0.1, 0.15) is 17.5 Å². The Morgan fingerprint density at radius 2 is 1.90 bits per heavy atom. The van der Waals surface area contributed by atoms with E-state index in [0.29, 0.717) is 30.9 Å². The van der Waals surface area contributed by atoms with Gasteiger partial charge in [-0.25, -0.2) is 0 Å². The minimum Gasteiger partial charge on any atom is -0.493 e. The number of fused-ring (bicyclic) bond motifs is 1. The minimum atomic E-state index is -0.0446. The van der Waals surface area contributed by atoms with E-state index in [1.54, 1.807) is 19.1 Å². The third-order valence-electron chi connectivity index (χ3n) is 3.76. The summed E-state index contributed by atoms with van der Waals surface area (Å²) in [5.74, 6) is 1.53. The molecule has 0 spiro atoms. The molecule has 0 aliphatic carbocycles. The van der Waals surface area contributed by atoms with Crippen LogP contribution in [0.4, 0.5) is 0 Å². The highest BCUT2D eigenvalue weighted by Gasteiger charge is 2.27. The van der Waals surface area contributed by atoms with Crippen LogP contribution in [-0.2, 0) is 17.8 Å². The minimum absolute atomic E-state index is 0.0446. The molecule has 0 aromatic heterocycles. The number of rotatable bonds is 4. The van der Waals surface area contributed by atoms with Gasteiger partial charge in [0.25, 0.3) is 0 Å². The number of hydrogen-bond acceptors (Lipinski definition) is 3. The van der Waals surface area contributed by atoms with E-state index in [4.69, 9.17) is 9.47 Å². The maximum absolute atomic E-state index is 12.3.